The number of esters is 1. The van der Waals surface area contributed by atoms with Crippen LogP contribution in [-0.2, 0) is 9.53 Å². The van der Waals surface area contributed by atoms with E-state index >= 15 is 0 Å². The molecular weight excluding hydrogens is 392 g/mol. The number of hydrogen-bond acceptors (Lipinski definition) is 5. The van der Waals surface area contributed by atoms with Gasteiger partial charge in [-0.3, -0.25) is 9.80 Å². The Morgan fingerprint density at radius 3 is 2.45 bits per heavy atom. The Morgan fingerprint density at radius 2 is 1.83 bits per heavy atom. The second-order valence-electron chi connectivity index (χ2n) is 7.25. The van der Waals surface area contributed by atoms with Crippen LogP contribution in [0, 0.1) is 0 Å². The van der Waals surface area contributed by atoms with E-state index in [0.717, 1.165) is 32.7 Å². The predicted octanol–water partition coefficient (Wildman–Crippen LogP) is 2.49. The highest BCUT2D eigenvalue weighted by molar-refractivity contribution is 6.31. The molecule has 0 radical (unpaired) electrons. The van der Waals surface area contributed by atoms with Crippen LogP contribution in [0.3, 0.4) is 0 Å². The number of carbonyl (C=O) groups excluding carboxylic acids is 2. The van der Waals surface area contributed by atoms with Gasteiger partial charge in [-0.2, -0.15) is 0 Å². The molecule has 1 unspecified atom stereocenters. The number of hydrogen-bond donors (Lipinski definition) is 1. The Labute approximate surface area is 177 Å². The molecule has 2 heterocycles. The average Bonchev–Trinajstić information content (AvgIpc) is 2.72. The Hall–Kier alpha value is -2.09. The highest BCUT2D eigenvalue weighted by Crippen LogP contribution is 2.34. The van der Waals surface area contributed by atoms with Gasteiger partial charge in [0.15, 0.2) is 0 Å². The van der Waals surface area contributed by atoms with E-state index in [2.05, 4.69) is 22.0 Å². The molecule has 1 aromatic carbocycles. The monoisotopic (exact) mass is 420 g/mol. The quantitative estimate of drug-likeness (QED) is 0.716. The molecule has 2 aliphatic heterocycles. The highest BCUT2D eigenvalue weighted by atomic mass is 35.5. The molecule has 158 valence electrons. The minimum atomic E-state index is -0.640. The molecule has 3 rings (SSSR count). The molecule has 0 spiro atoms. The van der Waals surface area contributed by atoms with Crippen LogP contribution in [0.5, 0.6) is 0 Å². The summed E-state index contributed by atoms with van der Waals surface area (Å²) in [6.07, 6.45) is 0. The third-order valence-corrected chi connectivity index (χ3v) is 5.92. The summed E-state index contributed by atoms with van der Waals surface area (Å²) in [6.45, 7) is 9.46. The van der Waals surface area contributed by atoms with E-state index in [1.54, 1.807) is 20.0 Å². The minimum Gasteiger partial charge on any atom is -0.463 e. The summed E-state index contributed by atoms with van der Waals surface area (Å²) in [6, 6.07) is 6.36. The molecule has 0 aromatic heterocycles. The van der Waals surface area contributed by atoms with Crippen molar-refractivity contribution in [3.8, 4) is 0 Å². The van der Waals surface area contributed by atoms with Gasteiger partial charge in [0.2, 0.25) is 0 Å². The van der Waals surface area contributed by atoms with Gasteiger partial charge in [-0.1, -0.05) is 36.7 Å². The lowest BCUT2D eigenvalue weighted by atomic mass is 9.94. The van der Waals surface area contributed by atoms with E-state index in [1.165, 1.54) is 4.90 Å². The number of urea groups is 1. The molecule has 2 amide bonds. The van der Waals surface area contributed by atoms with Gasteiger partial charge < -0.3 is 15.0 Å². The standard InChI is InChI=1S/C21H29ClN4O3/c1-4-25-10-12-26(13-11-25)14-17-18(20(27)29-5-2)19(23-21(28)24(17)3)15-8-6-7-9-16(15)22/h6-9,19H,4-5,10-14H2,1-3H3,(H,23,28). The predicted molar refractivity (Wildman–Crippen MR) is 113 cm³/mol. The van der Waals surface area contributed by atoms with Gasteiger partial charge in [-0.05, 0) is 25.1 Å². The summed E-state index contributed by atoms with van der Waals surface area (Å²) >= 11 is 6.40. The SMILES string of the molecule is CCOC(=O)C1=C(CN2CCN(CC)CC2)N(C)C(=O)NC1c1ccccc1Cl. The number of rotatable bonds is 6. The number of nitrogens with one attached hydrogen (secondary N) is 1. The third kappa shape index (κ3) is 4.74. The first kappa shape index (κ1) is 21.6. The normalized spacial score (nSPS) is 21.3. The lowest BCUT2D eigenvalue weighted by Crippen LogP contribution is -2.52. The number of likely N-dealkylation sites (N-methyl/N-ethyl adjacent to an activating group) is 2. The molecule has 29 heavy (non-hydrogen) atoms. The number of amides is 2. The van der Waals surface area contributed by atoms with Crippen molar-refractivity contribution in [1.82, 2.24) is 20.0 Å². The number of benzene rings is 1. The Morgan fingerprint density at radius 1 is 1.17 bits per heavy atom. The third-order valence-electron chi connectivity index (χ3n) is 5.57. The minimum absolute atomic E-state index is 0.259. The van der Waals surface area contributed by atoms with Gasteiger partial charge in [-0.25, -0.2) is 9.59 Å². The van der Waals surface area contributed by atoms with Gasteiger partial charge in [0, 0.05) is 50.5 Å². The first-order valence-electron chi connectivity index (χ1n) is 10.1. The maximum atomic E-state index is 13.0. The molecule has 1 fully saturated rings. The van der Waals surface area contributed by atoms with Crippen LogP contribution in [0.2, 0.25) is 5.02 Å². The number of carbonyl (C=O) groups is 2. The van der Waals surface area contributed by atoms with Gasteiger partial charge >= 0.3 is 12.0 Å². The maximum absolute atomic E-state index is 13.0. The van der Waals surface area contributed by atoms with Crippen molar-refractivity contribution in [3.63, 3.8) is 0 Å². The summed E-state index contributed by atoms with van der Waals surface area (Å²) in [5.41, 5.74) is 1.80. The fourth-order valence-electron chi connectivity index (χ4n) is 3.82. The zero-order valence-corrected chi connectivity index (χ0v) is 18.0. The zero-order chi connectivity index (χ0) is 21.0. The largest absolute Gasteiger partial charge is 0.463 e. The number of piperazine rings is 1. The lowest BCUT2D eigenvalue weighted by molar-refractivity contribution is -0.139. The van der Waals surface area contributed by atoms with E-state index in [0.29, 0.717) is 28.4 Å². The van der Waals surface area contributed by atoms with Gasteiger partial charge in [-0.15, -0.1) is 0 Å². The second kappa shape index (κ2) is 9.61. The Bertz CT molecular complexity index is 790. The maximum Gasteiger partial charge on any atom is 0.338 e. The summed E-state index contributed by atoms with van der Waals surface area (Å²) < 4.78 is 5.37. The molecule has 7 nitrogen and oxygen atoms in total. The molecule has 1 saturated heterocycles. The molecule has 1 atom stereocenters. The molecule has 1 aromatic rings. The van der Waals surface area contributed by atoms with Gasteiger partial charge in [0.05, 0.1) is 18.2 Å². The lowest BCUT2D eigenvalue weighted by Gasteiger charge is -2.39. The number of nitrogens with zero attached hydrogens (tertiary/aromatic N) is 3. The zero-order valence-electron chi connectivity index (χ0n) is 17.3. The van der Waals surface area contributed by atoms with Gasteiger partial charge in [0.25, 0.3) is 0 Å². The fraction of sp³-hybridized carbons (Fsp3) is 0.524. The van der Waals surface area contributed by atoms with E-state index < -0.39 is 12.0 Å². The van der Waals surface area contributed by atoms with Crippen molar-refractivity contribution >= 4 is 23.6 Å². The smallest absolute Gasteiger partial charge is 0.338 e. The Kier molecular flexibility index (Phi) is 7.16. The summed E-state index contributed by atoms with van der Waals surface area (Å²) in [5.74, 6) is -0.425. The number of halogens is 1. The highest BCUT2D eigenvalue weighted by Gasteiger charge is 2.38. The van der Waals surface area contributed by atoms with Gasteiger partial charge in [0.1, 0.15) is 0 Å². The fourth-order valence-corrected chi connectivity index (χ4v) is 4.06. The van der Waals surface area contributed by atoms with Crippen LogP contribution < -0.4 is 5.32 Å². The molecule has 8 heteroatoms. The molecule has 0 saturated carbocycles. The van der Waals surface area contributed by atoms with E-state index in [9.17, 15) is 9.59 Å². The van der Waals surface area contributed by atoms with Crippen molar-refractivity contribution in [2.24, 2.45) is 0 Å². The molecular formula is C21H29ClN4O3. The topological polar surface area (TPSA) is 65.1 Å². The molecule has 2 aliphatic rings. The summed E-state index contributed by atoms with van der Waals surface area (Å²) in [4.78, 5) is 31.9. The van der Waals surface area contributed by atoms with Crippen LogP contribution in [0.25, 0.3) is 0 Å². The first-order valence-corrected chi connectivity index (χ1v) is 10.5. The van der Waals surface area contributed by atoms with Crippen LogP contribution in [-0.4, -0.2) is 79.6 Å². The average molecular weight is 421 g/mol. The van der Waals surface area contributed by atoms with E-state index in [-0.39, 0.29) is 12.6 Å². The summed E-state index contributed by atoms with van der Waals surface area (Å²) in [5, 5.41) is 3.41. The van der Waals surface area contributed by atoms with Crippen molar-refractivity contribution in [3.05, 3.63) is 46.1 Å². The van der Waals surface area contributed by atoms with Crippen LogP contribution in [0.15, 0.2) is 35.5 Å². The van der Waals surface area contributed by atoms with E-state index in [4.69, 9.17) is 16.3 Å². The molecule has 0 bridgehead atoms. The number of ether oxygens (including phenoxy) is 1. The van der Waals surface area contributed by atoms with E-state index in [1.807, 2.05) is 18.2 Å². The van der Waals surface area contributed by atoms with Crippen molar-refractivity contribution in [2.75, 3.05) is 52.9 Å². The summed E-state index contributed by atoms with van der Waals surface area (Å²) in [7, 11) is 1.69. The van der Waals surface area contributed by atoms with Crippen LogP contribution in [0.1, 0.15) is 25.5 Å². The van der Waals surface area contributed by atoms with Crippen LogP contribution >= 0.6 is 11.6 Å². The van der Waals surface area contributed by atoms with Crippen molar-refractivity contribution in [2.45, 2.75) is 19.9 Å². The Balaban J connectivity index is 1.99. The van der Waals surface area contributed by atoms with Crippen LogP contribution in [0.4, 0.5) is 4.79 Å². The molecule has 0 aliphatic carbocycles. The van der Waals surface area contributed by atoms with Crippen molar-refractivity contribution < 1.29 is 14.3 Å². The molecule has 1 N–H and O–H groups in total. The first-order chi connectivity index (χ1) is 14.0. The second-order valence-corrected chi connectivity index (χ2v) is 7.66. The van der Waals surface area contributed by atoms with Crippen molar-refractivity contribution in [1.29, 1.82) is 0 Å².